The Bertz CT molecular complexity index is 389. The summed E-state index contributed by atoms with van der Waals surface area (Å²) in [5.41, 5.74) is 2.66. The van der Waals surface area contributed by atoms with E-state index in [1.165, 1.54) is 43.5 Å². The van der Waals surface area contributed by atoms with Crippen molar-refractivity contribution in [2.24, 2.45) is 0 Å². The zero-order valence-corrected chi connectivity index (χ0v) is 12.5. The predicted molar refractivity (Wildman–Crippen MR) is 80.2 cm³/mol. The van der Waals surface area contributed by atoms with Gasteiger partial charge in [-0.2, -0.15) is 0 Å². The Hall–Kier alpha value is -0.930. The number of pyridine rings is 1. The molecule has 0 aliphatic carbocycles. The van der Waals surface area contributed by atoms with E-state index >= 15 is 0 Å². The summed E-state index contributed by atoms with van der Waals surface area (Å²) in [5, 5.41) is 3.72. The highest BCUT2D eigenvalue weighted by Gasteiger charge is 2.18. The molecule has 19 heavy (non-hydrogen) atoms. The quantitative estimate of drug-likeness (QED) is 0.903. The predicted octanol–water partition coefficient (Wildman–Crippen LogP) is 2.74. The van der Waals surface area contributed by atoms with Gasteiger partial charge in [-0.25, -0.2) is 0 Å². The molecule has 0 amide bonds. The fraction of sp³-hybridized carbons (Fsp3) is 0.688. The van der Waals surface area contributed by atoms with Crippen molar-refractivity contribution >= 4 is 0 Å². The summed E-state index contributed by atoms with van der Waals surface area (Å²) >= 11 is 0. The van der Waals surface area contributed by atoms with E-state index in [4.69, 9.17) is 0 Å². The van der Waals surface area contributed by atoms with Gasteiger partial charge >= 0.3 is 0 Å². The van der Waals surface area contributed by atoms with Crippen LogP contribution >= 0.6 is 0 Å². The van der Waals surface area contributed by atoms with Crippen LogP contribution < -0.4 is 5.32 Å². The van der Waals surface area contributed by atoms with Crippen molar-refractivity contribution in [2.75, 3.05) is 13.1 Å². The molecule has 1 N–H and O–H groups in total. The van der Waals surface area contributed by atoms with E-state index < -0.39 is 0 Å². The minimum Gasteiger partial charge on any atom is -0.310 e. The van der Waals surface area contributed by atoms with Gasteiger partial charge in [0, 0.05) is 31.0 Å². The third-order valence-electron chi connectivity index (χ3n) is 4.21. The van der Waals surface area contributed by atoms with Crippen molar-refractivity contribution in [2.45, 2.75) is 58.7 Å². The molecule has 0 bridgehead atoms. The van der Waals surface area contributed by atoms with Gasteiger partial charge in [0.15, 0.2) is 0 Å². The van der Waals surface area contributed by atoms with Crippen molar-refractivity contribution in [1.29, 1.82) is 0 Å². The van der Waals surface area contributed by atoms with Gasteiger partial charge in [-0.1, -0.05) is 0 Å². The minimum atomic E-state index is 0.663. The monoisotopic (exact) mass is 261 g/mol. The van der Waals surface area contributed by atoms with E-state index in [2.05, 4.69) is 42.0 Å². The van der Waals surface area contributed by atoms with Gasteiger partial charge in [0.25, 0.3) is 0 Å². The van der Waals surface area contributed by atoms with Gasteiger partial charge in [-0.15, -0.1) is 0 Å². The molecular weight excluding hydrogens is 234 g/mol. The number of nitrogens with one attached hydrogen (secondary N) is 1. The van der Waals surface area contributed by atoms with Crippen LogP contribution in [-0.4, -0.2) is 35.1 Å². The molecule has 106 valence electrons. The molecule has 1 aromatic rings. The first kappa shape index (κ1) is 14.5. The Morgan fingerprint density at radius 3 is 2.95 bits per heavy atom. The fourth-order valence-electron chi connectivity index (χ4n) is 2.79. The third-order valence-corrected chi connectivity index (χ3v) is 4.21. The smallest absolute Gasteiger partial charge is 0.0300 e. The first-order chi connectivity index (χ1) is 9.16. The number of aryl methyl sites for hydroxylation is 1. The summed E-state index contributed by atoms with van der Waals surface area (Å²) < 4.78 is 0. The Labute approximate surface area is 117 Å². The van der Waals surface area contributed by atoms with Crippen molar-refractivity contribution in [1.82, 2.24) is 15.2 Å². The van der Waals surface area contributed by atoms with E-state index in [0.717, 1.165) is 6.54 Å². The Morgan fingerprint density at radius 2 is 2.21 bits per heavy atom. The molecule has 0 aromatic carbocycles. The summed E-state index contributed by atoms with van der Waals surface area (Å²) in [5.74, 6) is 0. The molecule has 1 aromatic heterocycles. The second-order valence-electron chi connectivity index (χ2n) is 5.94. The van der Waals surface area contributed by atoms with Crippen molar-refractivity contribution in [3.05, 3.63) is 29.6 Å². The highest BCUT2D eigenvalue weighted by atomic mass is 15.1. The highest BCUT2D eigenvalue weighted by Crippen LogP contribution is 2.14. The third kappa shape index (κ3) is 4.29. The van der Waals surface area contributed by atoms with Crippen LogP contribution in [0.5, 0.6) is 0 Å². The Balaban J connectivity index is 1.82. The van der Waals surface area contributed by atoms with Gasteiger partial charge in [-0.05, 0) is 70.3 Å². The molecule has 1 aliphatic rings. The SMILES string of the molecule is Cc1cnccc1CNC1CCCN(C(C)C)CC1. The van der Waals surface area contributed by atoms with E-state index in [1.54, 1.807) is 0 Å². The first-order valence-corrected chi connectivity index (χ1v) is 7.53. The summed E-state index contributed by atoms with van der Waals surface area (Å²) in [7, 11) is 0. The van der Waals surface area contributed by atoms with Crippen LogP contribution in [0.3, 0.4) is 0 Å². The molecule has 0 spiro atoms. The standard InChI is InChI=1S/C16H27N3/c1-13(2)19-9-4-5-16(7-10-19)18-12-15-6-8-17-11-14(15)3/h6,8,11,13,16,18H,4-5,7,9-10,12H2,1-3H3. The van der Waals surface area contributed by atoms with Crippen LogP contribution in [0.1, 0.15) is 44.2 Å². The van der Waals surface area contributed by atoms with E-state index in [9.17, 15) is 0 Å². The average Bonchev–Trinajstić information content (AvgIpc) is 2.63. The second kappa shape index (κ2) is 7.01. The lowest BCUT2D eigenvalue weighted by molar-refractivity contribution is 0.229. The molecule has 1 unspecified atom stereocenters. The Morgan fingerprint density at radius 1 is 1.37 bits per heavy atom. The number of hydrogen-bond donors (Lipinski definition) is 1. The van der Waals surface area contributed by atoms with E-state index in [-0.39, 0.29) is 0 Å². The van der Waals surface area contributed by atoms with Gasteiger partial charge < -0.3 is 10.2 Å². The fourth-order valence-corrected chi connectivity index (χ4v) is 2.79. The molecule has 1 saturated heterocycles. The maximum atomic E-state index is 4.15. The van der Waals surface area contributed by atoms with Gasteiger partial charge in [-0.3, -0.25) is 4.98 Å². The summed E-state index contributed by atoms with van der Waals surface area (Å²) in [6, 6.07) is 3.47. The van der Waals surface area contributed by atoms with Crippen LogP contribution in [0.25, 0.3) is 0 Å². The van der Waals surface area contributed by atoms with Crippen LogP contribution in [0, 0.1) is 6.92 Å². The molecule has 1 aliphatic heterocycles. The van der Waals surface area contributed by atoms with Crippen LogP contribution in [-0.2, 0) is 6.54 Å². The zero-order chi connectivity index (χ0) is 13.7. The van der Waals surface area contributed by atoms with Gasteiger partial charge in [0.2, 0.25) is 0 Å². The van der Waals surface area contributed by atoms with Crippen molar-refractivity contribution < 1.29 is 0 Å². The first-order valence-electron chi connectivity index (χ1n) is 7.53. The van der Waals surface area contributed by atoms with Crippen molar-refractivity contribution in [3.63, 3.8) is 0 Å². The highest BCUT2D eigenvalue weighted by molar-refractivity contribution is 5.21. The maximum Gasteiger partial charge on any atom is 0.0300 e. The number of rotatable bonds is 4. The lowest BCUT2D eigenvalue weighted by Crippen LogP contribution is -2.33. The molecule has 0 radical (unpaired) electrons. The van der Waals surface area contributed by atoms with E-state index in [0.29, 0.717) is 12.1 Å². The lowest BCUT2D eigenvalue weighted by atomic mass is 10.1. The number of likely N-dealkylation sites (tertiary alicyclic amines) is 1. The summed E-state index contributed by atoms with van der Waals surface area (Å²) in [4.78, 5) is 6.75. The topological polar surface area (TPSA) is 28.2 Å². The van der Waals surface area contributed by atoms with Crippen LogP contribution in [0.2, 0.25) is 0 Å². The molecule has 1 fully saturated rings. The second-order valence-corrected chi connectivity index (χ2v) is 5.94. The largest absolute Gasteiger partial charge is 0.310 e. The average molecular weight is 261 g/mol. The number of hydrogen-bond acceptors (Lipinski definition) is 3. The Kier molecular flexibility index (Phi) is 5.34. The van der Waals surface area contributed by atoms with Gasteiger partial charge in [0.1, 0.15) is 0 Å². The van der Waals surface area contributed by atoms with Crippen molar-refractivity contribution in [3.8, 4) is 0 Å². The minimum absolute atomic E-state index is 0.663. The summed E-state index contributed by atoms with van der Waals surface area (Å²) in [6.45, 7) is 10.2. The normalized spacial score (nSPS) is 21.6. The molecule has 2 heterocycles. The summed E-state index contributed by atoms with van der Waals surface area (Å²) in [6.07, 6.45) is 7.71. The van der Waals surface area contributed by atoms with E-state index in [1.807, 2.05) is 12.4 Å². The molecule has 3 nitrogen and oxygen atoms in total. The molecule has 2 rings (SSSR count). The maximum absolute atomic E-state index is 4.15. The zero-order valence-electron chi connectivity index (χ0n) is 12.5. The van der Waals surface area contributed by atoms with Crippen LogP contribution in [0.4, 0.5) is 0 Å². The molecule has 0 saturated carbocycles. The molecule has 3 heteroatoms. The van der Waals surface area contributed by atoms with Gasteiger partial charge in [0.05, 0.1) is 0 Å². The lowest BCUT2D eigenvalue weighted by Gasteiger charge is -2.24. The molecular formula is C16H27N3. The number of nitrogens with zero attached hydrogens (tertiary/aromatic N) is 2. The number of aromatic nitrogens is 1. The molecule has 1 atom stereocenters. The van der Waals surface area contributed by atoms with Crippen LogP contribution in [0.15, 0.2) is 18.5 Å².